The monoisotopic (exact) mass is 278 g/mol. The van der Waals surface area contributed by atoms with Gasteiger partial charge < -0.3 is 9.73 Å². The number of rotatable bonds is 6. The first-order valence-electron chi connectivity index (χ1n) is 8.10. The van der Waals surface area contributed by atoms with Crippen LogP contribution in [0.4, 0.5) is 0 Å². The summed E-state index contributed by atoms with van der Waals surface area (Å²) in [5, 5.41) is 3.38. The van der Waals surface area contributed by atoms with Crippen LogP contribution in [0, 0.1) is 5.41 Å². The number of hydrogen-bond donors (Lipinski definition) is 1. The van der Waals surface area contributed by atoms with E-state index in [1.807, 2.05) is 0 Å². The first kappa shape index (κ1) is 15.6. The van der Waals surface area contributed by atoms with Crippen molar-refractivity contribution < 1.29 is 4.42 Å². The molecule has 0 aromatic carbocycles. The summed E-state index contributed by atoms with van der Waals surface area (Å²) < 4.78 is 5.92. The van der Waals surface area contributed by atoms with Gasteiger partial charge in [0, 0.05) is 0 Å². The van der Waals surface area contributed by atoms with Gasteiger partial charge in [0.05, 0.1) is 13.1 Å². The third kappa shape index (κ3) is 4.95. The smallest absolute Gasteiger partial charge is 0.118 e. The molecule has 0 amide bonds. The van der Waals surface area contributed by atoms with Gasteiger partial charge in [0.25, 0.3) is 0 Å². The lowest BCUT2D eigenvalue weighted by molar-refractivity contribution is 0.236. The predicted octanol–water partition coefficient (Wildman–Crippen LogP) is 3.79. The van der Waals surface area contributed by atoms with Crippen LogP contribution in [0.1, 0.15) is 58.0 Å². The Morgan fingerprint density at radius 2 is 2.00 bits per heavy atom. The lowest BCUT2D eigenvalue weighted by Gasteiger charge is -2.22. The average molecular weight is 278 g/mol. The van der Waals surface area contributed by atoms with Crippen molar-refractivity contribution in [1.82, 2.24) is 10.2 Å². The van der Waals surface area contributed by atoms with Crippen molar-refractivity contribution in [2.75, 3.05) is 19.6 Å². The Morgan fingerprint density at radius 1 is 1.20 bits per heavy atom. The number of furan rings is 1. The molecular formula is C17H30N2O. The highest BCUT2D eigenvalue weighted by Gasteiger charge is 2.23. The fraction of sp³-hybridized carbons (Fsp3) is 0.765. The molecule has 1 saturated heterocycles. The molecule has 3 nitrogen and oxygen atoms in total. The Bertz CT molecular complexity index is 397. The van der Waals surface area contributed by atoms with Gasteiger partial charge in [-0.05, 0) is 62.9 Å². The summed E-state index contributed by atoms with van der Waals surface area (Å²) in [6.45, 7) is 12.2. The highest BCUT2D eigenvalue weighted by Crippen LogP contribution is 2.30. The van der Waals surface area contributed by atoms with Crippen LogP contribution in [0.2, 0.25) is 0 Å². The minimum atomic E-state index is 0.507. The zero-order chi connectivity index (χ0) is 14.4. The van der Waals surface area contributed by atoms with E-state index in [1.165, 1.54) is 32.4 Å². The largest absolute Gasteiger partial charge is 0.463 e. The molecule has 1 aromatic heterocycles. The third-order valence-electron chi connectivity index (χ3n) is 4.26. The second-order valence-electron chi connectivity index (χ2n) is 6.84. The van der Waals surface area contributed by atoms with Gasteiger partial charge in [-0.3, -0.25) is 4.90 Å². The second kappa shape index (κ2) is 7.28. The van der Waals surface area contributed by atoms with E-state index in [-0.39, 0.29) is 0 Å². The Labute approximate surface area is 123 Å². The van der Waals surface area contributed by atoms with E-state index >= 15 is 0 Å². The van der Waals surface area contributed by atoms with E-state index < -0.39 is 0 Å². The zero-order valence-electron chi connectivity index (χ0n) is 13.4. The third-order valence-corrected chi connectivity index (χ3v) is 4.26. The summed E-state index contributed by atoms with van der Waals surface area (Å²) in [6.07, 6.45) is 5.10. The minimum absolute atomic E-state index is 0.507. The van der Waals surface area contributed by atoms with Crippen LogP contribution in [-0.4, -0.2) is 24.5 Å². The van der Waals surface area contributed by atoms with Crippen molar-refractivity contribution in [3.05, 3.63) is 23.7 Å². The molecule has 0 saturated carbocycles. The molecule has 0 atom stereocenters. The Kier molecular flexibility index (Phi) is 5.67. The zero-order valence-corrected chi connectivity index (χ0v) is 13.4. The molecule has 20 heavy (non-hydrogen) atoms. The highest BCUT2D eigenvalue weighted by atomic mass is 16.3. The van der Waals surface area contributed by atoms with Crippen LogP contribution >= 0.6 is 0 Å². The van der Waals surface area contributed by atoms with Gasteiger partial charge in [0.15, 0.2) is 0 Å². The van der Waals surface area contributed by atoms with Crippen LogP contribution in [0.15, 0.2) is 16.5 Å². The Balaban J connectivity index is 1.81. The number of nitrogens with one attached hydrogen (secondary N) is 1. The van der Waals surface area contributed by atoms with Crippen molar-refractivity contribution in [3.8, 4) is 0 Å². The van der Waals surface area contributed by atoms with Crippen LogP contribution < -0.4 is 5.32 Å². The van der Waals surface area contributed by atoms with Gasteiger partial charge in [-0.25, -0.2) is 0 Å². The van der Waals surface area contributed by atoms with Gasteiger partial charge in [-0.15, -0.1) is 0 Å². The maximum absolute atomic E-state index is 5.92. The lowest BCUT2D eigenvalue weighted by atomic mass is 9.85. The molecular weight excluding hydrogens is 248 g/mol. The highest BCUT2D eigenvalue weighted by molar-refractivity contribution is 5.07. The molecule has 0 spiro atoms. The first-order chi connectivity index (χ1) is 9.59. The van der Waals surface area contributed by atoms with Crippen molar-refractivity contribution >= 4 is 0 Å². The van der Waals surface area contributed by atoms with Crippen LogP contribution in [0.25, 0.3) is 0 Å². The SMILES string of the molecule is CCCNCc1ccc(CN2CCCC(C)(C)CC2)o1. The summed E-state index contributed by atoms with van der Waals surface area (Å²) in [4.78, 5) is 2.54. The molecule has 1 aliphatic rings. The standard InChI is InChI=1S/C17H30N2O/c1-4-10-18-13-15-6-7-16(20-15)14-19-11-5-8-17(2,3)9-12-19/h6-7,18H,4-5,8-14H2,1-3H3. The quantitative estimate of drug-likeness (QED) is 0.803. The van der Waals surface area contributed by atoms with E-state index in [4.69, 9.17) is 4.42 Å². The summed E-state index contributed by atoms with van der Waals surface area (Å²) in [7, 11) is 0. The lowest BCUT2D eigenvalue weighted by Crippen LogP contribution is -2.24. The fourth-order valence-corrected chi connectivity index (χ4v) is 2.85. The Morgan fingerprint density at radius 3 is 2.80 bits per heavy atom. The van der Waals surface area contributed by atoms with Crippen LogP contribution in [-0.2, 0) is 13.1 Å². The molecule has 0 radical (unpaired) electrons. The summed E-state index contributed by atoms with van der Waals surface area (Å²) in [5.74, 6) is 2.17. The van der Waals surface area contributed by atoms with Crippen molar-refractivity contribution in [2.24, 2.45) is 5.41 Å². The van der Waals surface area contributed by atoms with E-state index in [2.05, 4.69) is 43.1 Å². The van der Waals surface area contributed by atoms with Crippen LogP contribution in [0.3, 0.4) is 0 Å². The van der Waals surface area contributed by atoms with Crippen molar-refractivity contribution in [1.29, 1.82) is 0 Å². The molecule has 0 unspecified atom stereocenters. The molecule has 2 heterocycles. The Hall–Kier alpha value is -0.800. The fourth-order valence-electron chi connectivity index (χ4n) is 2.85. The predicted molar refractivity (Wildman–Crippen MR) is 83.6 cm³/mol. The summed E-state index contributed by atoms with van der Waals surface area (Å²) >= 11 is 0. The number of likely N-dealkylation sites (tertiary alicyclic amines) is 1. The number of hydrogen-bond acceptors (Lipinski definition) is 3. The average Bonchev–Trinajstić information content (AvgIpc) is 2.76. The van der Waals surface area contributed by atoms with E-state index in [0.717, 1.165) is 37.6 Å². The molecule has 0 aliphatic carbocycles. The van der Waals surface area contributed by atoms with Crippen LogP contribution in [0.5, 0.6) is 0 Å². The second-order valence-corrected chi connectivity index (χ2v) is 6.84. The maximum Gasteiger partial charge on any atom is 0.118 e. The van der Waals surface area contributed by atoms with E-state index in [1.54, 1.807) is 0 Å². The van der Waals surface area contributed by atoms with Gasteiger partial charge in [-0.1, -0.05) is 20.8 Å². The molecule has 114 valence electrons. The summed E-state index contributed by atoms with van der Waals surface area (Å²) in [5.41, 5.74) is 0.507. The number of nitrogens with zero attached hydrogens (tertiary/aromatic N) is 1. The molecule has 0 bridgehead atoms. The van der Waals surface area contributed by atoms with Crippen molar-refractivity contribution in [3.63, 3.8) is 0 Å². The molecule has 1 aromatic rings. The van der Waals surface area contributed by atoms with E-state index in [0.29, 0.717) is 5.41 Å². The van der Waals surface area contributed by atoms with E-state index in [9.17, 15) is 0 Å². The van der Waals surface area contributed by atoms with Gasteiger partial charge >= 0.3 is 0 Å². The molecule has 1 N–H and O–H groups in total. The molecule has 1 aliphatic heterocycles. The molecule has 3 heteroatoms. The maximum atomic E-state index is 5.92. The van der Waals surface area contributed by atoms with Gasteiger partial charge in [-0.2, -0.15) is 0 Å². The molecule has 1 fully saturated rings. The van der Waals surface area contributed by atoms with Gasteiger partial charge in [0.1, 0.15) is 11.5 Å². The topological polar surface area (TPSA) is 28.4 Å². The minimum Gasteiger partial charge on any atom is -0.463 e. The first-order valence-corrected chi connectivity index (χ1v) is 8.10. The van der Waals surface area contributed by atoms with Gasteiger partial charge in [0.2, 0.25) is 0 Å². The molecule has 2 rings (SSSR count). The summed E-state index contributed by atoms with van der Waals surface area (Å²) in [6, 6.07) is 4.25. The normalized spacial score (nSPS) is 19.9. The van der Waals surface area contributed by atoms with Crippen molar-refractivity contribution in [2.45, 2.75) is 59.5 Å².